The average molecular weight is 561 g/mol. The summed E-state index contributed by atoms with van der Waals surface area (Å²) in [6.45, 7) is 1.89. The molecule has 0 N–H and O–H groups in total. The first kappa shape index (κ1) is 26.8. The van der Waals surface area contributed by atoms with Crippen molar-refractivity contribution >= 4 is 11.4 Å². The maximum atomic E-state index is 13.9. The molecule has 0 bridgehead atoms. The van der Waals surface area contributed by atoms with Gasteiger partial charge >= 0.3 is 6.18 Å². The van der Waals surface area contributed by atoms with Crippen LogP contribution in [0.1, 0.15) is 38.3 Å². The molecule has 206 valence electrons. The highest BCUT2D eigenvalue weighted by Gasteiger charge is 2.31. The number of fused-ring (bicyclic) bond motifs is 1. The summed E-state index contributed by atoms with van der Waals surface area (Å²) in [6, 6.07) is 23.8. The molecule has 0 amide bonds. The SMILES string of the molecule is Cc1ccc(C(=O)Cc2cc(-n3cnc(-c4ccccc4)c3)cc(C(F)(F)F)c2)cc1C#Cc1cnc2ccccn12. The van der Waals surface area contributed by atoms with E-state index in [9.17, 15) is 18.0 Å². The Balaban J connectivity index is 1.29. The molecule has 0 aliphatic rings. The number of hydrogen-bond donors (Lipinski definition) is 0. The summed E-state index contributed by atoms with van der Waals surface area (Å²) in [7, 11) is 0. The van der Waals surface area contributed by atoms with E-state index < -0.39 is 11.7 Å². The first-order valence-electron chi connectivity index (χ1n) is 13.1. The Bertz CT molecular complexity index is 1990. The first-order chi connectivity index (χ1) is 20.2. The van der Waals surface area contributed by atoms with E-state index in [-0.39, 0.29) is 23.5 Å². The van der Waals surface area contributed by atoms with Gasteiger partial charge in [0.25, 0.3) is 0 Å². The number of pyridine rings is 1. The number of ketones is 1. The van der Waals surface area contributed by atoms with E-state index in [0.29, 0.717) is 22.5 Å². The van der Waals surface area contributed by atoms with Gasteiger partial charge in [0.05, 0.1) is 23.8 Å². The van der Waals surface area contributed by atoms with Gasteiger partial charge in [-0.15, -0.1) is 0 Å². The zero-order valence-corrected chi connectivity index (χ0v) is 22.4. The van der Waals surface area contributed by atoms with Crippen molar-refractivity contribution in [3.05, 3.63) is 143 Å². The number of rotatable bonds is 5. The molecular weight excluding hydrogens is 537 g/mol. The molecule has 0 aliphatic carbocycles. The number of alkyl halides is 3. The normalized spacial score (nSPS) is 11.3. The minimum absolute atomic E-state index is 0.208. The van der Waals surface area contributed by atoms with Crippen molar-refractivity contribution in [3.63, 3.8) is 0 Å². The van der Waals surface area contributed by atoms with E-state index in [1.165, 1.54) is 10.9 Å². The number of hydrogen-bond acceptors (Lipinski definition) is 3. The van der Waals surface area contributed by atoms with Gasteiger partial charge in [-0.2, -0.15) is 13.2 Å². The Kier molecular flexibility index (Phi) is 6.93. The van der Waals surface area contributed by atoms with Gasteiger partial charge in [0.1, 0.15) is 11.3 Å². The molecule has 0 fully saturated rings. The molecule has 6 aromatic rings. The molecule has 0 aliphatic heterocycles. The van der Waals surface area contributed by atoms with Crippen LogP contribution in [0, 0.1) is 18.8 Å². The van der Waals surface area contributed by atoms with Gasteiger partial charge in [-0.1, -0.05) is 54.5 Å². The summed E-state index contributed by atoms with van der Waals surface area (Å²) in [4.78, 5) is 22.0. The summed E-state index contributed by atoms with van der Waals surface area (Å²) in [5.74, 6) is 5.92. The third-order valence-corrected chi connectivity index (χ3v) is 6.92. The molecule has 0 atom stereocenters. The summed E-state index contributed by atoms with van der Waals surface area (Å²) in [5, 5.41) is 0. The lowest BCUT2D eigenvalue weighted by atomic mass is 9.97. The van der Waals surface area contributed by atoms with E-state index >= 15 is 0 Å². The molecule has 0 spiro atoms. The van der Waals surface area contributed by atoms with E-state index in [1.807, 2.05) is 66.1 Å². The van der Waals surface area contributed by atoms with Gasteiger partial charge in [0.2, 0.25) is 0 Å². The van der Waals surface area contributed by atoms with Crippen molar-refractivity contribution in [3.8, 4) is 28.8 Å². The van der Waals surface area contributed by atoms with Crippen LogP contribution >= 0.6 is 0 Å². The Labute approximate surface area is 239 Å². The first-order valence-corrected chi connectivity index (χ1v) is 13.1. The molecule has 3 aromatic carbocycles. The zero-order chi connectivity index (χ0) is 29.3. The van der Waals surface area contributed by atoms with Crippen molar-refractivity contribution in [1.29, 1.82) is 0 Å². The van der Waals surface area contributed by atoms with E-state index in [4.69, 9.17) is 0 Å². The van der Waals surface area contributed by atoms with E-state index in [2.05, 4.69) is 21.8 Å². The van der Waals surface area contributed by atoms with Gasteiger partial charge in [-0.05, 0) is 60.4 Å². The Hall–Kier alpha value is -5.42. The van der Waals surface area contributed by atoms with Crippen LogP contribution in [0.3, 0.4) is 0 Å². The molecule has 0 unspecified atom stereocenters. The number of aryl methyl sites for hydroxylation is 1. The zero-order valence-electron chi connectivity index (χ0n) is 22.4. The van der Waals surface area contributed by atoms with Gasteiger partial charge < -0.3 is 4.57 Å². The average Bonchev–Trinajstić information content (AvgIpc) is 3.65. The number of Topliss-reactive ketones (excluding diaryl/α,β-unsaturated/α-hetero) is 1. The van der Waals surface area contributed by atoms with Crippen LogP contribution < -0.4 is 0 Å². The lowest BCUT2D eigenvalue weighted by Gasteiger charge is -2.13. The topological polar surface area (TPSA) is 52.2 Å². The second-order valence-corrected chi connectivity index (χ2v) is 9.87. The maximum absolute atomic E-state index is 13.9. The van der Waals surface area contributed by atoms with Crippen molar-refractivity contribution in [2.75, 3.05) is 0 Å². The van der Waals surface area contributed by atoms with Crippen molar-refractivity contribution in [2.24, 2.45) is 0 Å². The summed E-state index contributed by atoms with van der Waals surface area (Å²) in [5.41, 5.74) is 4.54. The predicted molar refractivity (Wildman–Crippen MR) is 154 cm³/mol. The van der Waals surface area contributed by atoms with E-state index in [1.54, 1.807) is 36.7 Å². The van der Waals surface area contributed by atoms with Gasteiger partial charge in [-0.25, -0.2) is 9.97 Å². The third kappa shape index (κ3) is 5.58. The van der Waals surface area contributed by atoms with Crippen molar-refractivity contribution in [2.45, 2.75) is 19.5 Å². The lowest BCUT2D eigenvalue weighted by molar-refractivity contribution is -0.137. The third-order valence-electron chi connectivity index (χ3n) is 6.92. The van der Waals surface area contributed by atoms with Crippen LogP contribution in [-0.4, -0.2) is 24.7 Å². The molecule has 42 heavy (non-hydrogen) atoms. The smallest absolute Gasteiger partial charge is 0.306 e. The Morgan fingerprint density at radius 2 is 1.71 bits per heavy atom. The standard InChI is InChI=1S/C34H23F3N4O/c1-23-10-11-27(18-26(23)12-13-29-20-38-33-9-5-6-14-41(29)33)32(42)17-24-15-28(34(35,36)37)19-30(16-24)40-21-31(39-22-40)25-7-3-2-4-8-25/h2-11,14-16,18-22H,17H2,1H3. The molecule has 0 radical (unpaired) electrons. The molecule has 8 heteroatoms. The Morgan fingerprint density at radius 1 is 0.905 bits per heavy atom. The van der Waals surface area contributed by atoms with Crippen LogP contribution in [0.5, 0.6) is 0 Å². The highest BCUT2D eigenvalue weighted by molar-refractivity contribution is 5.98. The minimum atomic E-state index is -4.58. The second-order valence-electron chi connectivity index (χ2n) is 9.87. The number of imidazole rings is 2. The minimum Gasteiger partial charge on any atom is -0.306 e. The number of aromatic nitrogens is 4. The number of carbonyl (C=O) groups is 1. The summed E-state index contributed by atoms with van der Waals surface area (Å²) < 4.78 is 45.0. The molecule has 6 rings (SSSR count). The lowest BCUT2D eigenvalue weighted by Crippen LogP contribution is -2.10. The van der Waals surface area contributed by atoms with Crippen LogP contribution in [0.15, 0.2) is 110 Å². The quantitative estimate of drug-likeness (QED) is 0.164. The summed E-state index contributed by atoms with van der Waals surface area (Å²) >= 11 is 0. The molecule has 0 saturated heterocycles. The van der Waals surface area contributed by atoms with Crippen molar-refractivity contribution < 1.29 is 18.0 Å². The monoisotopic (exact) mass is 560 g/mol. The largest absolute Gasteiger partial charge is 0.416 e. The fraction of sp³-hybridized carbons (Fsp3) is 0.0882. The molecule has 3 aromatic heterocycles. The number of halogens is 3. The van der Waals surface area contributed by atoms with Gasteiger partial charge in [0.15, 0.2) is 5.78 Å². The highest BCUT2D eigenvalue weighted by atomic mass is 19.4. The van der Waals surface area contributed by atoms with Gasteiger partial charge in [-0.3, -0.25) is 9.20 Å². The van der Waals surface area contributed by atoms with E-state index in [0.717, 1.165) is 28.9 Å². The van der Waals surface area contributed by atoms with Crippen LogP contribution in [0.4, 0.5) is 13.2 Å². The number of carbonyl (C=O) groups excluding carboxylic acids is 1. The Morgan fingerprint density at radius 3 is 2.52 bits per heavy atom. The van der Waals surface area contributed by atoms with Crippen LogP contribution in [0.25, 0.3) is 22.6 Å². The van der Waals surface area contributed by atoms with Crippen LogP contribution in [0.2, 0.25) is 0 Å². The molecular formula is C34H23F3N4O. The molecule has 5 nitrogen and oxygen atoms in total. The second kappa shape index (κ2) is 10.9. The predicted octanol–water partition coefficient (Wildman–Crippen LogP) is 7.34. The fourth-order valence-electron chi connectivity index (χ4n) is 4.68. The molecule has 0 saturated carbocycles. The van der Waals surface area contributed by atoms with Gasteiger partial charge in [0, 0.05) is 41.2 Å². The van der Waals surface area contributed by atoms with Crippen molar-refractivity contribution in [1.82, 2.24) is 18.9 Å². The highest BCUT2D eigenvalue weighted by Crippen LogP contribution is 2.32. The maximum Gasteiger partial charge on any atom is 0.416 e. The summed E-state index contributed by atoms with van der Waals surface area (Å²) in [6.07, 6.45) is 1.90. The number of nitrogens with zero attached hydrogens (tertiary/aromatic N) is 4. The van der Waals surface area contributed by atoms with Crippen LogP contribution in [-0.2, 0) is 12.6 Å². The molecule has 3 heterocycles. The number of benzene rings is 3. The fourth-order valence-corrected chi connectivity index (χ4v) is 4.68.